The number of nitrogens with zero attached hydrogens (tertiary/aromatic N) is 2. The van der Waals surface area contributed by atoms with Crippen LogP contribution in [0, 0.1) is 5.92 Å². The summed E-state index contributed by atoms with van der Waals surface area (Å²) in [6.07, 6.45) is 5.31. The number of aromatic nitrogens is 2. The fraction of sp³-hybridized carbons (Fsp3) is 0.632. The molecule has 0 radical (unpaired) electrons. The van der Waals surface area contributed by atoms with E-state index >= 15 is 0 Å². The number of nitrogens with one attached hydrogen (secondary N) is 1. The molecule has 5 nitrogen and oxygen atoms in total. The van der Waals surface area contributed by atoms with Gasteiger partial charge in [-0.3, -0.25) is 14.2 Å². The van der Waals surface area contributed by atoms with Gasteiger partial charge in [-0.05, 0) is 57.4 Å². The molecule has 0 spiro atoms. The molecule has 2 aromatic heterocycles. The van der Waals surface area contributed by atoms with Gasteiger partial charge in [-0.15, -0.1) is 11.3 Å². The molecular formula is C19H25N3O2S2. The molecule has 1 saturated carbocycles. The van der Waals surface area contributed by atoms with Crippen molar-refractivity contribution in [2.45, 2.75) is 75.9 Å². The number of hydrogen-bond acceptors (Lipinski definition) is 5. The average Bonchev–Trinajstić information content (AvgIpc) is 3.33. The van der Waals surface area contributed by atoms with Crippen molar-refractivity contribution in [3.05, 3.63) is 20.8 Å². The highest BCUT2D eigenvalue weighted by Gasteiger charge is 2.28. The van der Waals surface area contributed by atoms with E-state index in [2.05, 4.69) is 12.2 Å². The molecule has 1 fully saturated rings. The van der Waals surface area contributed by atoms with Crippen molar-refractivity contribution < 1.29 is 4.79 Å². The fourth-order valence-electron chi connectivity index (χ4n) is 3.53. The van der Waals surface area contributed by atoms with E-state index in [-0.39, 0.29) is 16.7 Å². The number of thiophene rings is 1. The molecule has 7 heteroatoms. The summed E-state index contributed by atoms with van der Waals surface area (Å²) in [7, 11) is 0. The normalized spacial score (nSPS) is 20.8. The molecule has 2 unspecified atom stereocenters. The van der Waals surface area contributed by atoms with Gasteiger partial charge in [0.1, 0.15) is 4.83 Å². The van der Waals surface area contributed by atoms with Gasteiger partial charge in [0, 0.05) is 17.5 Å². The van der Waals surface area contributed by atoms with Crippen LogP contribution in [0.25, 0.3) is 10.2 Å². The minimum absolute atomic E-state index is 0.0359. The van der Waals surface area contributed by atoms with E-state index in [1.807, 2.05) is 13.8 Å². The van der Waals surface area contributed by atoms with Crippen molar-refractivity contribution in [1.82, 2.24) is 14.9 Å². The van der Waals surface area contributed by atoms with Gasteiger partial charge in [-0.25, -0.2) is 4.98 Å². The van der Waals surface area contributed by atoms with E-state index in [0.29, 0.717) is 23.7 Å². The predicted octanol–water partition coefficient (Wildman–Crippen LogP) is 3.36. The molecule has 4 rings (SSSR count). The third-order valence-electron chi connectivity index (χ3n) is 5.27. The lowest BCUT2D eigenvalue weighted by Gasteiger charge is -2.18. The zero-order valence-electron chi connectivity index (χ0n) is 15.5. The standard InChI is InChI=1S/C19H25N3O2S2/c1-4-22-18(24)15-13-8-5-10(2)9-14(13)26-17(15)21-19(22)25-11(3)16(23)20-12-6-7-12/h10-12H,4-9H2,1-3H3,(H,20,23). The van der Waals surface area contributed by atoms with Crippen molar-refractivity contribution in [3.8, 4) is 0 Å². The van der Waals surface area contributed by atoms with E-state index in [9.17, 15) is 9.59 Å². The van der Waals surface area contributed by atoms with Crippen LogP contribution in [0.1, 0.15) is 50.5 Å². The lowest BCUT2D eigenvalue weighted by molar-refractivity contribution is -0.120. The molecule has 26 heavy (non-hydrogen) atoms. The Morgan fingerprint density at radius 1 is 1.42 bits per heavy atom. The van der Waals surface area contributed by atoms with Crippen LogP contribution in [0.5, 0.6) is 0 Å². The Morgan fingerprint density at radius 2 is 2.19 bits per heavy atom. The monoisotopic (exact) mass is 391 g/mol. The number of carbonyl (C=O) groups excluding carboxylic acids is 1. The fourth-order valence-corrected chi connectivity index (χ4v) is 5.94. The summed E-state index contributed by atoms with van der Waals surface area (Å²) in [5, 5.41) is 4.26. The first-order valence-electron chi connectivity index (χ1n) is 9.50. The van der Waals surface area contributed by atoms with Crippen LogP contribution in [-0.2, 0) is 24.2 Å². The third kappa shape index (κ3) is 3.31. The Kier molecular flexibility index (Phi) is 4.86. The number of rotatable bonds is 5. The molecule has 0 aliphatic heterocycles. The van der Waals surface area contributed by atoms with Gasteiger partial charge in [0.15, 0.2) is 5.16 Å². The minimum Gasteiger partial charge on any atom is -0.352 e. The Hall–Kier alpha value is -1.34. The topological polar surface area (TPSA) is 64.0 Å². The SMILES string of the molecule is CCn1c(SC(C)C(=O)NC2CC2)nc2sc3c(c2c1=O)CCC(C)C3. The second-order valence-corrected chi connectivity index (χ2v) is 9.91. The number of carbonyl (C=O) groups is 1. The van der Waals surface area contributed by atoms with E-state index in [1.54, 1.807) is 15.9 Å². The van der Waals surface area contributed by atoms with Gasteiger partial charge in [-0.2, -0.15) is 0 Å². The summed E-state index contributed by atoms with van der Waals surface area (Å²) in [4.78, 5) is 32.4. The zero-order valence-corrected chi connectivity index (χ0v) is 17.1. The maximum absolute atomic E-state index is 13.1. The quantitative estimate of drug-likeness (QED) is 0.627. The van der Waals surface area contributed by atoms with Crippen molar-refractivity contribution in [2.75, 3.05) is 0 Å². The second-order valence-electron chi connectivity index (χ2n) is 7.52. The summed E-state index contributed by atoms with van der Waals surface area (Å²) in [6.45, 7) is 6.70. The highest BCUT2D eigenvalue weighted by Crippen LogP contribution is 2.37. The Morgan fingerprint density at radius 3 is 2.88 bits per heavy atom. The second kappa shape index (κ2) is 7.00. The van der Waals surface area contributed by atoms with Crippen molar-refractivity contribution in [2.24, 2.45) is 5.92 Å². The lowest BCUT2D eigenvalue weighted by atomic mass is 9.89. The van der Waals surface area contributed by atoms with Crippen LogP contribution in [0.3, 0.4) is 0 Å². The van der Waals surface area contributed by atoms with Crippen LogP contribution in [0.4, 0.5) is 0 Å². The molecule has 2 aliphatic rings. The first kappa shape index (κ1) is 18.0. The van der Waals surface area contributed by atoms with Crippen LogP contribution in [0.15, 0.2) is 9.95 Å². The van der Waals surface area contributed by atoms with Crippen molar-refractivity contribution in [1.29, 1.82) is 0 Å². The lowest BCUT2D eigenvalue weighted by Crippen LogP contribution is -2.33. The molecular weight excluding hydrogens is 366 g/mol. The zero-order chi connectivity index (χ0) is 18.4. The van der Waals surface area contributed by atoms with Gasteiger partial charge >= 0.3 is 0 Å². The molecule has 0 saturated heterocycles. The van der Waals surface area contributed by atoms with E-state index in [0.717, 1.165) is 42.3 Å². The third-order valence-corrected chi connectivity index (χ3v) is 7.51. The first-order valence-corrected chi connectivity index (χ1v) is 11.2. The van der Waals surface area contributed by atoms with E-state index < -0.39 is 0 Å². The van der Waals surface area contributed by atoms with Gasteiger partial charge in [-0.1, -0.05) is 18.7 Å². The maximum atomic E-state index is 13.1. The van der Waals surface area contributed by atoms with Crippen molar-refractivity contribution >= 4 is 39.2 Å². The van der Waals surface area contributed by atoms with E-state index in [1.165, 1.54) is 22.2 Å². The Bertz CT molecular complexity index is 914. The van der Waals surface area contributed by atoms with Crippen molar-refractivity contribution in [3.63, 3.8) is 0 Å². The van der Waals surface area contributed by atoms with Crippen LogP contribution in [-0.4, -0.2) is 26.8 Å². The summed E-state index contributed by atoms with van der Waals surface area (Å²) < 4.78 is 1.74. The number of amides is 1. The summed E-state index contributed by atoms with van der Waals surface area (Å²) in [5.74, 6) is 0.706. The summed E-state index contributed by atoms with van der Waals surface area (Å²) in [5.41, 5.74) is 1.28. The summed E-state index contributed by atoms with van der Waals surface area (Å²) in [6, 6.07) is 0.348. The molecule has 0 bridgehead atoms. The Balaban J connectivity index is 1.70. The number of thioether (sulfide) groups is 1. The molecule has 2 aliphatic carbocycles. The van der Waals surface area contributed by atoms with Gasteiger partial charge in [0.25, 0.3) is 5.56 Å². The van der Waals surface area contributed by atoms with Crippen LogP contribution in [0.2, 0.25) is 0 Å². The molecule has 140 valence electrons. The number of fused-ring (bicyclic) bond motifs is 3. The molecule has 2 atom stereocenters. The Labute approximate surface area is 161 Å². The highest BCUT2D eigenvalue weighted by atomic mass is 32.2. The van der Waals surface area contributed by atoms with Crippen LogP contribution < -0.4 is 10.9 Å². The molecule has 0 aromatic carbocycles. The van der Waals surface area contributed by atoms with Crippen LogP contribution >= 0.6 is 23.1 Å². The highest BCUT2D eigenvalue weighted by molar-refractivity contribution is 8.00. The first-order chi connectivity index (χ1) is 12.5. The smallest absolute Gasteiger partial charge is 0.263 e. The summed E-state index contributed by atoms with van der Waals surface area (Å²) >= 11 is 3.06. The van der Waals surface area contributed by atoms with Gasteiger partial charge in [0.2, 0.25) is 5.91 Å². The minimum atomic E-state index is -0.257. The average molecular weight is 392 g/mol. The molecule has 1 amide bonds. The van der Waals surface area contributed by atoms with Gasteiger partial charge < -0.3 is 5.32 Å². The largest absolute Gasteiger partial charge is 0.352 e. The maximum Gasteiger partial charge on any atom is 0.263 e. The molecule has 1 N–H and O–H groups in total. The molecule has 2 heterocycles. The number of hydrogen-bond donors (Lipinski definition) is 1. The van der Waals surface area contributed by atoms with E-state index in [4.69, 9.17) is 4.98 Å². The predicted molar refractivity (Wildman–Crippen MR) is 107 cm³/mol. The number of aryl methyl sites for hydroxylation is 1. The van der Waals surface area contributed by atoms with Gasteiger partial charge in [0.05, 0.1) is 10.6 Å². The molecule has 2 aromatic rings.